The zero-order valence-electron chi connectivity index (χ0n) is 58.9. The molecule has 110 heavy (non-hydrogen) atoms. The highest BCUT2D eigenvalue weighted by Gasteiger charge is 2.50. The molecule has 31 nitrogen and oxygen atoms in total. The number of aliphatic hydroxyl groups is 7. The van der Waals surface area contributed by atoms with E-state index in [1.165, 1.54) is 78.9 Å². The fourth-order valence-corrected chi connectivity index (χ4v) is 14.6. The van der Waals surface area contributed by atoms with Gasteiger partial charge in [-0.15, -0.1) is 0 Å². The monoisotopic (exact) mass is 1560 g/mol. The van der Waals surface area contributed by atoms with Crippen LogP contribution in [0.25, 0.3) is 11.1 Å². The Morgan fingerprint density at radius 1 is 0.573 bits per heavy atom. The summed E-state index contributed by atoms with van der Waals surface area (Å²) in [4.78, 5) is 108. The van der Waals surface area contributed by atoms with Crippen LogP contribution in [-0.4, -0.2) is 190 Å². The van der Waals surface area contributed by atoms with Gasteiger partial charge in [0.25, 0.3) is 0 Å². The number of rotatable bonds is 9. The maximum Gasteiger partial charge on any atom is 0.245 e. The van der Waals surface area contributed by atoms with Crippen LogP contribution in [-0.2, 0) is 60.7 Å². The van der Waals surface area contributed by atoms with Crippen molar-refractivity contribution in [3.05, 3.63) is 164 Å². The third kappa shape index (κ3) is 16.0. The van der Waals surface area contributed by atoms with E-state index in [-0.39, 0.29) is 101 Å². The Labute approximate surface area is 636 Å². The van der Waals surface area contributed by atoms with Gasteiger partial charge in [-0.25, -0.2) is 0 Å². The Kier molecular flexibility index (Phi) is 22.6. The maximum atomic E-state index is 16.7. The molecule has 0 spiro atoms. The lowest BCUT2D eigenvalue weighted by molar-refractivity contribution is -0.284. The largest absolute Gasteiger partial charge is 0.508 e. The van der Waals surface area contributed by atoms with E-state index in [4.69, 9.17) is 61.1 Å². The molecule has 6 unspecified atom stereocenters. The van der Waals surface area contributed by atoms with Crippen LogP contribution in [0.5, 0.6) is 69.0 Å². The molecule has 2 fully saturated rings. The predicted molar refractivity (Wildman–Crippen MR) is 384 cm³/mol. The number of halogens is 2. The van der Waals surface area contributed by atoms with E-state index in [1.54, 1.807) is 26.8 Å². The summed E-state index contributed by atoms with van der Waals surface area (Å²) in [5, 5.41) is 136. The number of Topliss-reactive ketones (excluding diaryl/α,β-unsaturated/α-hetero) is 2. The van der Waals surface area contributed by atoms with Crippen LogP contribution >= 0.6 is 23.2 Å². The molecule has 7 aromatic rings. The van der Waals surface area contributed by atoms with Gasteiger partial charge in [0, 0.05) is 49.6 Å². The summed E-state index contributed by atoms with van der Waals surface area (Å²) in [5.41, 5.74) is -0.458. The zero-order valence-corrected chi connectivity index (χ0v) is 60.4. The highest BCUT2D eigenvalue weighted by molar-refractivity contribution is 6.32. The SMILES string of the molecule is CC(=O)NC1[C@H](OC2c3ccc(c(Cl)c3)Oc3cc4cc(c3OC(C)C)Oc3ccc(cc3Cl)C[C@H]3NC(=O)C(C)c5ccc(O)c(c5)Oc5cc(O)cc(c5)[C@H](CC3=O)C(=O)N[C@H]4C(=O)C[C@H]3C(=O)N[C@@H]2C(=O)NCc2cc(O)cc(O[C@H]4OC(CO)[C@@H](O)C(O)[C@H]4O)c2-c2cc3ccc2O)OC(CO)[C@@H](O)[C@@H]1O. The molecule has 0 saturated carbocycles. The van der Waals surface area contributed by atoms with Crippen molar-refractivity contribution in [2.24, 2.45) is 0 Å². The first-order chi connectivity index (χ1) is 52.4. The van der Waals surface area contributed by atoms with Crippen LogP contribution in [0.1, 0.15) is 109 Å². The first kappa shape index (κ1) is 77.8. The van der Waals surface area contributed by atoms with Crippen LogP contribution in [0.2, 0.25) is 10.0 Å². The molecule has 17 bridgehead atoms. The highest BCUT2D eigenvalue weighted by Crippen LogP contribution is 2.50. The molecule has 8 aliphatic rings. The van der Waals surface area contributed by atoms with Gasteiger partial charge >= 0.3 is 0 Å². The van der Waals surface area contributed by atoms with Crippen LogP contribution in [0.4, 0.5) is 0 Å². The van der Waals surface area contributed by atoms with Crippen molar-refractivity contribution < 1.29 is 128 Å². The lowest BCUT2D eigenvalue weighted by Crippen LogP contribution is -2.65. The first-order valence-electron chi connectivity index (χ1n) is 35.0. The Morgan fingerprint density at radius 2 is 1.19 bits per heavy atom. The number of aromatic hydroxyl groups is 4. The van der Waals surface area contributed by atoms with Gasteiger partial charge in [-0.2, -0.15) is 0 Å². The lowest BCUT2D eigenvalue weighted by Gasteiger charge is -2.44. The molecule has 15 rings (SSSR count). The number of fused-ring (bicyclic) bond motifs is 14. The van der Waals surface area contributed by atoms with Crippen molar-refractivity contribution in [1.29, 1.82) is 0 Å². The second-order valence-electron chi connectivity index (χ2n) is 27.9. The molecule has 580 valence electrons. The summed E-state index contributed by atoms with van der Waals surface area (Å²) >= 11 is 14.5. The molecule has 5 amide bonds. The summed E-state index contributed by atoms with van der Waals surface area (Å²) in [5.74, 6) is -15.3. The van der Waals surface area contributed by atoms with Crippen molar-refractivity contribution in [3.8, 4) is 80.1 Å². The number of hydrogen-bond donors (Lipinski definition) is 16. The van der Waals surface area contributed by atoms with Gasteiger partial charge in [0.1, 0.15) is 107 Å². The molecule has 8 aliphatic heterocycles. The van der Waals surface area contributed by atoms with Gasteiger partial charge in [-0.3, -0.25) is 33.6 Å². The normalized spacial score (nSPS) is 27.6. The van der Waals surface area contributed by atoms with Gasteiger partial charge in [0.15, 0.2) is 40.9 Å². The second-order valence-corrected chi connectivity index (χ2v) is 28.7. The van der Waals surface area contributed by atoms with E-state index in [0.717, 1.165) is 37.3 Å². The van der Waals surface area contributed by atoms with Gasteiger partial charge in [-0.1, -0.05) is 47.5 Å². The van der Waals surface area contributed by atoms with E-state index >= 15 is 24.0 Å². The third-order valence-corrected chi connectivity index (χ3v) is 20.5. The Bertz CT molecular complexity index is 4790. The summed E-state index contributed by atoms with van der Waals surface area (Å²) in [6.45, 7) is 3.43. The number of carbonyl (C=O) groups is 7. The topological polar surface area (TPSA) is 476 Å². The summed E-state index contributed by atoms with van der Waals surface area (Å²) < 4.78 is 50.9. The van der Waals surface area contributed by atoms with Crippen LogP contribution < -0.4 is 50.3 Å². The smallest absolute Gasteiger partial charge is 0.245 e. The van der Waals surface area contributed by atoms with Gasteiger partial charge in [0.05, 0.1) is 53.2 Å². The Morgan fingerprint density at radius 3 is 1.87 bits per heavy atom. The van der Waals surface area contributed by atoms with E-state index in [1.807, 2.05) is 0 Å². The van der Waals surface area contributed by atoms with Crippen LogP contribution in [0.3, 0.4) is 0 Å². The maximum absolute atomic E-state index is 16.7. The highest BCUT2D eigenvalue weighted by atomic mass is 35.5. The number of ketones is 2. The first-order valence-corrected chi connectivity index (χ1v) is 35.8. The molecule has 8 heterocycles. The molecule has 2 saturated heterocycles. The van der Waals surface area contributed by atoms with E-state index in [2.05, 4.69) is 26.6 Å². The second kappa shape index (κ2) is 31.9. The average Bonchev–Trinajstić information content (AvgIpc) is 0.771. The van der Waals surface area contributed by atoms with Crippen molar-refractivity contribution in [1.82, 2.24) is 26.6 Å². The number of ether oxygens (including phenoxy) is 8. The number of hydrogen-bond acceptors (Lipinski definition) is 26. The number of aliphatic hydroxyl groups excluding tert-OH is 7. The van der Waals surface area contributed by atoms with Gasteiger partial charge in [0.2, 0.25) is 41.6 Å². The minimum absolute atomic E-state index is 0.0537. The standard InChI is InChI=1S/C77H77Cl2N5O26/c1-30(2)103-71-57-21-38-22-58(71)106-54-12-8-36(19-47(54)79)70(110-76-63(81-32(4)87)67(96)65(94)59(28-85)108-76)64-75(102)80-27-39-16-41(89)24-56(107-77-69(98)68(97)66(95)60(29-86)109-77)61(39)45-18-35(7-9-49(45)90)43(73(100)84-64)26-52(93)62(38)83-74(101)44-25-51(92)48(14-33-5-11-53(105-57)46(78)13-33)82-72(99)31(3)34-6-10-50(91)55(20-34)104-42-17-37(44)15-40(88)23-42/h5-13,15-24,30-31,43-44,48,59-60,62-70,76-77,85-86,88-91,94-98H,14,25-29H2,1-4H3,(H,80,102)(H,81,87)(H,82,99)(H,83,101)(H,84,100)/t31?,43-,44+,48-,59?,60?,62-,63?,64+,65-,66-,67-,68?,69-,70?,76+,77+/m1/s1. The molecule has 0 aromatic heterocycles. The van der Waals surface area contributed by atoms with E-state index < -0.39 is 206 Å². The third-order valence-electron chi connectivity index (χ3n) is 19.9. The molecular formula is C77H77Cl2N5O26. The molecule has 0 radical (unpaired) electrons. The molecule has 7 aromatic carbocycles. The van der Waals surface area contributed by atoms with Crippen LogP contribution in [0, 0.1) is 0 Å². The van der Waals surface area contributed by atoms with Crippen molar-refractivity contribution >= 4 is 64.3 Å². The van der Waals surface area contributed by atoms with Gasteiger partial charge in [-0.05, 0) is 145 Å². The Balaban J connectivity index is 1.05. The quantitative estimate of drug-likeness (QED) is 0.0926. The molecule has 16 N–H and O–H groups in total. The minimum Gasteiger partial charge on any atom is -0.508 e. The summed E-state index contributed by atoms with van der Waals surface area (Å²) in [6.07, 6.45) is -21.6. The molecular weight excluding hydrogens is 1480 g/mol. The summed E-state index contributed by atoms with van der Waals surface area (Å²) in [7, 11) is 0. The van der Waals surface area contributed by atoms with Gasteiger partial charge < -0.3 is 121 Å². The Hall–Kier alpha value is -10.4. The van der Waals surface area contributed by atoms with Crippen molar-refractivity contribution in [2.45, 2.75) is 163 Å². The fraction of sp³-hybridized carbons (Fsp3) is 0.364. The van der Waals surface area contributed by atoms with E-state index in [0.29, 0.717) is 11.1 Å². The number of nitrogens with one attached hydrogen (secondary N) is 5. The number of carbonyl (C=O) groups excluding carboxylic acids is 7. The zero-order chi connectivity index (χ0) is 78.6. The van der Waals surface area contributed by atoms with Crippen molar-refractivity contribution in [3.63, 3.8) is 0 Å². The molecule has 0 aliphatic carbocycles. The summed E-state index contributed by atoms with van der Waals surface area (Å²) in [6, 6.07) is 17.1. The number of phenols is 4. The average molecular weight is 1560 g/mol. The minimum atomic E-state index is -2.13. The predicted octanol–water partition coefficient (Wildman–Crippen LogP) is 4.76. The number of phenolic OH excluding ortho intramolecular Hbond substituents is 4. The molecule has 33 heteroatoms. The number of amides is 5. The van der Waals surface area contributed by atoms with Crippen LogP contribution in [0.15, 0.2) is 115 Å². The molecule has 17 atom stereocenters. The van der Waals surface area contributed by atoms with E-state index in [9.17, 15) is 65.8 Å². The lowest BCUT2D eigenvalue weighted by atomic mass is 9.85. The fourth-order valence-electron chi connectivity index (χ4n) is 14.2. The van der Waals surface area contributed by atoms with Crippen molar-refractivity contribution in [2.75, 3.05) is 13.2 Å². The number of benzene rings is 7.